The number of likely N-dealkylation sites (tertiary alicyclic amines) is 1. The fraction of sp³-hybridized carbons (Fsp3) is 0.263. The fourth-order valence-corrected chi connectivity index (χ4v) is 2.47. The van der Waals surface area contributed by atoms with Gasteiger partial charge < -0.3 is 0 Å². The molecule has 1 aromatic rings. The predicted molar refractivity (Wildman–Crippen MR) is 96.8 cm³/mol. The van der Waals surface area contributed by atoms with Crippen molar-refractivity contribution in [1.82, 2.24) is 14.7 Å². The molecule has 0 unspecified atom stereocenters. The second-order valence-corrected chi connectivity index (χ2v) is 6.13. The average Bonchev–Trinajstić information content (AvgIpc) is 3.24. The van der Waals surface area contributed by atoms with Crippen molar-refractivity contribution in [2.75, 3.05) is 21.1 Å². The van der Waals surface area contributed by atoms with Crippen LogP contribution in [0.2, 0.25) is 0 Å². The van der Waals surface area contributed by atoms with Gasteiger partial charge in [0, 0.05) is 46.1 Å². The Bertz CT molecular complexity index is 836. The highest BCUT2D eigenvalue weighted by molar-refractivity contribution is 6.21. The molecule has 3 aliphatic heterocycles. The lowest BCUT2D eigenvalue weighted by atomic mass is 10.1. The molecule has 1 saturated heterocycles. The maximum atomic E-state index is 11.3. The Labute approximate surface area is 161 Å². The summed E-state index contributed by atoms with van der Waals surface area (Å²) in [6.45, 7) is 0. The number of amides is 6. The van der Waals surface area contributed by atoms with Gasteiger partial charge >= 0.3 is 0 Å². The second kappa shape index (κ2) is 8.38. The first-order valence-electron chi connectivity index (χ1n) is 8.35. The normalized spacial score (nSPS) is 17.6. The number of likely N-dealkylation sites (N-methyl/N-ethyl adjacent to an activating group) is 1. The van der Waals surface area contributed by atoms with E-state index in [1.807, 2.05) is 0 Å². The Morgan fingerprint density at radius 3 is 1.25 bits per heavy atom. The molecule has 0 N–H and O–H groups in total. The third-order valence-corrected chi connectivity index (χ3v) is 4.33. The topological polar surface area (TPSA) is 112 Å². The monoisotopic (exact) mass is 385 g/mol. The molecule has 0 atom stereocenters. The van der Waals surface area contributed by atoms with Crippen LogP contribution in [0.3, 0.4) is 0 Å². The Morgan fingerprint density at radius 1 is 0.607 bits per heavy atom. The highest BCUT2D eigenvalue weighted by Gasteiger charge is 2.31. The molecule has 146 valence electrons. The molecule has 28 heavy (non-hydrogen) atoms. The van der Waals surface area contributed by atoms with Crippen LogP contribution in [0, 0.1) is 0 Å². The summed E-state index contributed by atoms with van der Waals surface area (Å²) in [5.74, 6) is -1.03. The molecular formula is C19H19N3O6. The summed E-state index contributed by atoms with van der Waals surface area (Å²) in [5, 5.41) is 0. The summed E-state index contributed by atoms with van der Waals surface area (Å²) >= 11 is 0. The van der Waals surface area contributed by atoms with Gasteiger partial charge in [-0.25, -0.2) is 0 Å². The van der Waals surface area contributed by atoms with E-state index >= 15 is 0 Å². The van der Waals surface area contributed by atoms with E-state index in [0.29, 0.717) is 24.0 Å². The lowest BCUT2D eigenvalue weighted by Gasteiger charge is -2.02. The minimum absolute atomic E-state index is 0.0602. The van der Waals surface area contributed by atoms with Crippen LogP contribution in [-0.4, -0.2) is 71.3 Å². The third-order valence-electron chi connectivity index (χ3n) is 4.33. The summed E-state index contributed by atoms with van der Waals surface area (Å²) in [4.78, 5) is 67.8. The number of nitrogens with zero attached hydrogens (tertiary/aromatic N) is 3. The molecule has 6 amide bonds. The van der Waals surface area contributed by atoms with Crippen LogP contribution in [0.15, 0.2) is 36.4 Å². The number of carbonyl (C=O) groups excluding carboxylic acids is 6. The molecule has 1 fully saturated rings. The van der Waals surface area contributed by atoms with Crippen LogP contribution in [0.25, 0.3) is 0 Å². The molecule has 9 nitrogen and oxygen atoms in total. The van der Waals surface area contributed by atoms with Crippen LogP contribution in [0.1, 0.15) is 33.6 Å². The average molecular weight is 385 g/mol. The first-order chi connectivity index (χ1) is 13.1. The molecule has 3 aliphatic rings. The highest BCUT2D eigenvalue weighted by atomic mass is 16.2. The Morgan fingerprint density at radius 2 is 1.00 bits per heavy atom. The van der Waals surface area contributed by atoms with Crippen molar-refractivity contribution in [2.24, 2.45) is 0 Å². The van der Waals surface area contributed by atoms with Crippen molar-refractivity contribution < 1.29 is 28.8 Å². The largest absolute Gasteiger partial charge is 0.286 e. The van der Waals surface area contributed by atoms with Gasteiger partial charge in [-0.2, -0.15) is 0 Å². The van der Waals surface area contributed by atoms with Gasteiger partial charge in [0.25, 0.3) is 23.6 Å². The quantitative estimate of drug-likeness (QED) is 0.591. The van der Waals surface area contributed by atoms with Crippen LogP contribution in [-0.2, 0) is 19.2 Å². The molecule has 0 spiro atoms. The van der Waals surface area contributed by atoms with Gasteiger partial charge in [0.1, 0.15) is 0 Å². The molecule has 4 rings (SSSR count). The fourth-order valence-electron chi connectivity index (χ4n) is 2.47. The zero-order valence-corrected chi connectivity index (χ0v) is 15.7. The standard InChI is InChI=1S/C9H7NO2.C5H7NO2.C5H5NO2/c1-10-8(11)6-4-2-3-5-7(6)9(10)12;2*1-6-4(7)2-3-5(6)8/h2-5H,1H3;2-3H2,1H3;2-3H,1H3. The van der Waals surface area contributed by atoms with Crippen LogP contribution < -0.4 is 0 Å². The zero-order chi connectivity index (χ0) is 21.0. The van der Waals surface area contributed by atoms with Crippen LogP contribution in [0.5, 0.6) is 0 Å². The van der Waals surface area contributed by atoms with Gasteiger partial charge in [-0.05, 0) is 12.1 Å². The van der Waals surface area contributed by atoms with Crippen molar-refractivity contribution in [3.05, 3.63) is 47.5 Å². The van der Waals surface area contributed by atoms with Gasteiger partial charge in [-0.15, -0.1) is 0 Å². The van der Waals surface area contributed by atoms with E-state index in [4.69, 9.17) is 0 Å². The van der Waals surface area contributed by atoms with Gasteiger partial charge in [-0.1, -0.05) is 12.1 Å². The van der Waals surface area contributed by atoms with E-state index in [1.165, 1.54) is 38.2 Å². The van der Waals surface area contributed by atoms with Crippen LogP contribution in [0.4, 0.5) is 0 Å². The minimum Gasteiger partial charge on any atom is -0.286 e. The van der Waals surface area contributed by atoms with Crippen molar-refractivity contribution >= 4 is 35.4 Å². The lowest BCUT2D eigenvalue weighted by Crippen LogP contribution is -2.24. The van der Waals surface area contributed by atoms with E-state index in [1.54, 1.807) is 24.3 Å². The van der Waals surface area contributed by atoms with E-state index < -0.39 is 0 Å². The molecule has 3 heterocycles. The van der Waals surface area contributed by atoms with Crippen molar-refractivity contribution in [2.45, 2.75) is 12.8 Å². The van der Waals surface area contributed by atoms with Crippen molar-refractivity contribution in [1.29, 1.82) is 0 Å². The lowest BCUT2D eigenvalue weighted by molar-refractivity contribution is -0.137. The van der Waals surface area contributed by atoms with Gasteiger partial charge in [0.15, 0.2) is 0 Å². The number of fused-ring (bicyclic) bond motifs is 1. The molecule has 1 aromatic carbocycles. The van der Waals surface area contributed by atoms with Crippen molar-refractivity contribution in [3.63, 3.8) is 0 Å². The van der Waals surface area contributed by atoms with Gasteiger partial charge in [0.2, 0.25) is 11.8 Å². The van der Waals surface area contributed by atoms with E-state index in [0.717, 1.165) is 9.80 Å². The third kappa shape index (κ3) is 4.20. The molecule has 0 bridgehead atoms. The van der Waals surface area contributed by atoms with Gasteiger partial charge in [0.05, 0.1) is 11.1 Å². The predicted octanol–water partition coefficient (Wildman–Crippen LogP) is 0.219. The maximum Gasteiger partial charge on any atom is 0.261 e. The molecule has 0 aliphatic carbocycles. The van der Waals surface area contributed by atoms with E-state index in [-0.39, 0.29) is 35.4 Å². The first-order valence-corrected chi connectivity index (χ1v) is 8.35. The van der Waals surface area contributed by atoms with E-state index in [2.05, 4.69) is 0 Å². The molecule has 0 saturated carbocycles. The Hall–Kier alpha value is -3.62. The smallest absolute Gasteiger partial charge is 0.261 e. The van der Waals surface area contributed by atoms with E-state index in [9.17, 15) is 28.8 Å². The SMILES string of the molecule is CN1C(=O)C=CC1=O.CN1C(=O)CCC1=O.CN1C(=O)c2ccccc2C1=O. The first kappa shape index (κ1) is 20.7. The number of rotatable bonds is 0. The number of benzene rings is 1. The summed E-state index contributed by atoms with van der Waals surface area (Å²) in [5.41, 5.74) is 1.01. The minimum atomic E-state index is -0.241. The Kier molecular flexibility index (Phi) is 6.19. The summed E-state index contributed by atoms with van der Waals surface area (Å²) in [6, 6.07) is 6.84. The zero-order valence-electron chi connectivity index (χ0n) is 15.7. The molecular weight excluding hydrogens is 366 g/mol. The number of imide groups is 3. The highest BCUT2D eigenvalue weighted by Crippen LogP contribution is 2.20. The van der Waals surface area contributed by atoms with Crippen LogP contribution >= 0.6 is 0 Å². The second-order valence-electron chi connectivity index (χ2n) is 6.13. The van der Waals surface area contributed by atoms with Gasteiger partial charge in [-0.3, -0.25) is 43.5 Å². The number of carbonyl (C=O) groups is 6. The number of hydrogen-bond acceptors (Lipinski definition) is 6. The summed E-state index contributed by atoms with van der Waals surface area (Å²) < 4.78 is 0. The number of hydrogen-bond donors (Lipinski definition) is 0. The molecule has 0 radical (unpaired) electrons. The molecule has 9 heteroatoms. The maximum absolute atomic E-state index is 11.3. The molecule has 0 aromatic heterocycles. The van der Waals surface area contributed by atoms with Crippen molar-refractivity contribution in [3.8, 4) is 0 Å². The summed E-state index contributed by atoms with van der Waals surface area (Å²) in [7, 11) is 4.45. The summed E-state index contributed by atoms with van der Waals surface area (Å²) in [6.07, 6.45) is 3.30. The Balaban J connectivity index is 0.000000156.